The van der Waals surface area contributed by atoms with Crippen molar-refractivity contribution in [2.45, 2.75) is 135 Å². The van der Waals surface area contributed by atoms with Gasteiger partial charge < -0.3 is 29.2 Å². The highest BCUT2D eigenvalue weighted by atomic mass is 16.7. The van der Waals surface area contributed by atoms with Crippen LogP contribution in [-0.2, 0) is 23.7 Å². The number of aliphatic hydroxyl groups excluding tert-OH is 1. The van der Waals surface area contributed by atoms with Gasteiger partial charge in [0, 0.05) is 19.3 Å². The Kier molecular flexibility index (Phi) is 14.0. The average molecular weight is 537 g/mol. The Hall–Kier alpha value is -1.57. The molecule has 3 rings (SSSR count). The predicted molar refractivity (Wildman–Crippen MR) is 147 cm³/mol. The van der Waals surface area contributed by atoms with Crippen molar-refractivity contribution < 1.29 is 34.0 Å². The lowest BCUT2D eigenvalue weighted by Gasteiger charge is -2.28. The quantitative estimate of drug-likeness (QED) is 0.0941. The molecule has 2 heterocycles. The van der Waals surface area contributed by atoms with E-state index in [0.717, 1.165) is 76.5 Å². The van der Waals surface area contributed by atoms with Crippen LogP contribution in [0.2, 0.25) is 0 Å². The highest BCUT2D eigenvalue weighted by Crippen LogP contribution is 2.37. The molecule has 2 N–H and O–H groups in total. The molecule has 3 fully saturated rings. The molecule has 0 aromatic heterocycles. The van der Waals surface area contributed by atoms with Crippen LogP contribution in [0.1, 0.15) is 117 Å². The van der Waals surface area contributed by atoms with Crippen molar-refractivity contribution in [1.82, 2.24) is 0 Å². The molecule has 2 aliphatic heterocycles. The minimum Gasteiger partial charge on any atom is -0.475 e. The Labute approximate surface area is 229 Å². The Morgan fingerprint density at radius 3 is 2.32 bits per heavy atom. The second-order valence-corrected chi connectivity index (χ2v) is 11.5. The van der Waals surface area contributed by atoms with Crippen LogP contribution in [0.25, 0.3) is 0 Å². The number of aliphatic carboxylic acids is 1. The maximum absolute atomic E-state index is 12.2. The van der Waals surface area contributed by atoms with Gasteiger partial charge in [-0.3, -0.25) is 0 Å². The first kappa shape index (κ1) is 31.0. The van der Waals surface area contributed by atoms with E-state index in [9.17, 15) is 15.0 Å². The van der Waals surface area contributed by atoms with E-state index in [0.29, 0.717) is 37.7 Å². The number of carboxylic acids is 1. The third-order valence-electron chi connectivity index (χ3n) is 8.27. The van der Waals surface area contributed by atoms with Crippen LogP contribution >= 0.6 is 0 Å². The summed E-state index contributed by atoms with van der Waals surface area (Å²) in [7, 11) is 0. The first-order valence-electron chi connectivity index (χ1n) is 15.4. The number of unbranched alkanes of at least 4 members (excludes halogenated alkanes) is 1. The molecule has 38 heavy (non-hydrogen) atoms. The summed E-state index contributed by atoms with van der Waals surface area (Å²) < 4.78 is 23.3. The molecule has 0 aromatic carbocycles. The highest BCUT2D eigenvalue weighted by molar-refractivity contribution is 5.84. The Morgan fingerprint density at radius 1 is 0.974 bits per heavy atom. The summed E-state index contributed by atoms with van der Waals surface area (Å²) in [6.45, 7) is 5.77. The summed E-state index contributed by atoms with van der Waals surface area (Å²) in [6.07, 6.45) is 18.6. The maximum Gasteiger partial charge on any atom is 0.374 e. The van der Waals surface area contributed by atoms with Crippen molar-refractivity contribution in [2.24, 2.45) is 17.8 Å². The second kappa shape index (κ2) is 17.2. The van der Waals surface area contributed by atoms with Gasteiger partial charge in [-0.05, 0) is 82.0 Å². The Balaban J connectivity index is 1.55. The van der Waals surface area contributed by atoms with Crippen LogP contribution in [0, 0.1) is 17.8 Å². The van der Waals surface area contributed by atoms with Crippen LogP contribution in [0.15, 0.2) is 23.7 Å². The summed E-state index contributed by atoms with van der Waals surface area (Å²) in [5, 5.41) is 20.6. The van der Waals surface area contributed by atoms with Crippen LogP contribution in [-0.4, -0.2) is 48.1 Å². The second-order valence-electron chi connectivity index (χ2n) is 11.5. The van der Waals surface area contributed by atoms with Gasteiger partial charge in [-0.2, -0.15) is 0 Å². The Morgan fingerprint density at radius 2 is 1.68 bits per heavy atom. The van der Waals surface area contributed by atoms with Crippen molar-refractivity contribution >= 4 is 5.97 Å². The van der Waals surface area contributed by atoms with E-state index < -0.39 is 18.5 Å². The minimum atomic E-state index is -1.13. The average Bonchev–Trinajstić information content (AvgIpc) is 3.27. The number of hydrogen-bond acceptors (Lipinski definition) is 6. The molecule has 7 nitrogen and oxygen atoms in total. The van der Waals surface area contributed by atoms with Crippen LogP contribution < -0.4 is 0 Å². The molecule has 0 amide bonds. The standard InChI is InChI=1S/C31H52O7/c1-3-12-23(2)13-4-5-14-24-19-20-26(32)25(24)15-6-7-16-27(37-28-17-8-10-21-35-28)30(31(33)34)38-29-18-9-11-22-36-29/h5,14,23-26,28-29,32H,3-4,6-13,15-22H2,1-2H3,(H,33,34)/b14-5+,30-27+/t23?,24-,25+,26-,28?,29?/m0/s1. The molecule has 1 saturated carbocycles. The molecule has 3 aliphatic rings. The van der Waals surface area contributed by atoms with Crippen molar-refractivity contribution in [2.75, 3.05) is 13.2 Å². The third-order valence-corrected chi connectivity index (χ3v) is 8.27. The number of allylic oxidation sites excluding steroid dienone is 3. The van der Waals surface area contributed by atoms with E-state index in [1.165, 1.54) is 19.3 Å². The van der Waals surface area contributed by atoms with Crippen LogP contribution in [0.5, 0.6) is 0 Å². The molecule has 0 aromatic rings. The molecule has 6 atom stereocenters. The molecule has 3 unspecified atom stereocenters. The Bertz CT molecular complexity index is 737. The van der Waals surface area contributed by atoms with Crippen molar-refractivity contribution in [3.05, 3.63) is 23.7 Å². The minimum absolute atomic E-state index is 0.148. The molecule has 0 radical (unpaired) electrons. The van der Waals surface area contributed by atoms with E-state index in [4.69, 9.17) is 18.9 Å². The van der Waals surface area contributed by atoms with Gasteiger partial charge in [-0.15, -0.1) is 0 Å². The van der Waals surface area contributed by atoms with Gasteiger partial charge in [0.1, 0.15) is 5.76 Å². The van der Waals surface area contributed by atoms with E-state index in [1.807, 2.05) is 0 Å². The van der Waals surface area contributed by atoms with E-state index >= 15 is 0 Å². The largest absolute Gasteiger partial charge is 0.475 e. The van der Waals surface area contributed by atoms with E-state index in [2.05, 4.69) is 26.0 Å². The number of carboxylic acid groups (broad SMARTS) is 1. The topological polar surface area (TPSA) is 94.5 Å². The van der Waals surface area contributed by atoms with Gasteiger partial charge in [-0.25, -0.2) is 4.79 Å². The number of aliphatic hydroxyl groups is 1. The first-order chi connectivity index (χ1) is 18.5. The molecule has 0 spiro atoms. The van der Waals surface area contributed by atoms with E-state index in [-0.39, 0.29) is 17.8 Å². The number of carbonyl (C=O) groups is 1. The molecule has 7 heteroatoms. The molecule has 1 aliphatic carbocycles. The van der Waals surface area contributed by atoms with Crippen LogP contribution in [0.3, 0.4) is 0 Å². The maximum atomic E-state index is 12.2. The zero-order valence-electron chi connectivity index (χ0n) is 23.8. The summed E-state index contributed by atoms with van der Waals surface area (Å²) in [5.41, 5.74) is 0. The third kappa shape index (κ3) is 10.5. The molecular weight excluding hydrogens is 484 g/mol. The van der Waals surface area contributed by atoms with Crippen LogP contribution in [0.4, 0.5) is 0 Å². The summed E-state index contributed by atoms with van der Waals surface area (Å²) in [6, 6.07) is 0. The number of hydrogen-bond donors (Lipinski definition) is 2. The fraction of sp³-hybridized carbons (Fsp3) is 0.839. The fourth-order valence-corrected chi connectivity index (χ4v) is 6.04. The normalized spacial score (nSPS) is 29.7. The predicted octanol–water partition coefficient (Wildman–Crippen LogP) is 7.09. The smallest absolute Gasteiger partial charge is 0.374 e. The molecule has 2 saturated heterocycles. The van der Waals surface area contributed by atoms with Crippen molar-refractivity contribution in [3.63, 3.8) is 0 Å². The molecular formula is C31H52O7. The van der Waals surface area contributed by atoms with Gasteiger partial charge in [0.15, 0.2) is 12.6 Å². The number of rotatable bonds is 16. The van der Waals surface area contributed by atoms with Crippen molar-refractivity contribution in [1.29, 1.82) is 0 Å². The fourth-order valence-electron chi connectivity index (χ4n) is 6.04. The van der Waals surface area contributed by atoms with E-state index in [1.54, 1.807) is 0 Å². The highest BCUT2D eigenvalue weighted by Gasteiger charge is 2.33. The zero-order chi connectivity index (χ0) is 27.2. The SMILES string of the molecule is CCCC(C)CC/C=C/[C@H]1CC[C@H](O)[C@@H]1CCCC/C(OC1CCCCO1)=C(\OC1CCCCO1)C(=O)O. The van der Waals surface area contributed by atoms with Gasteiger partial charge in [0.05, 0.1) is 19.3 Å². The summed E-state index contributed by atoms with van der Waals surface area (Å²) in [4.78, 5) is 12.2. The monoisotopic (exact) mass is 536 g/mol. The molecule has 0 bridgehead atoms. The van der Waals surface area contributed by atoms with Gasteiger partial charge in [0.25, 0.3) is 0 Å². The summed E-state index contributed by atoms with van der Waals surface area (Å²) >= 11 is 0. The van der Waals surface area contributed by atoms with Gasteiger partial charge in [0.2, 0.25) is 5.76 Å². The lowest BCUT2D eigenvalue weighted by atomic mass is 9.88. The lowest BCUT2D eigenvalue weighted by molar-refractivity contribution is -0.170. The lowest BCUT2D eigenvalue weighted by Crippen LogP contribution is -2.27. The number of ether oxygens (including phenoxy) is 4. The summed E-state index contributed by atoms with van der Waals surface area (Å²) in [5.74, 6) is 0.528. The van der Waals surface area contributed by atoms with Crippen molar-refractivity contribution in [3.8, 4) is 0 Å². The zero-order valence-corrected chi connectivity index (χ0v) is 23.8. The van der Waals surface area contributed by atoms with Gasteiger partial charge in [-0.1, -0.05) is 45.3 Å². The first-order valence-corrected chi connectivity index (χ1v) is 15.4. The molecule has 218 valence electrons. The van der Waals surface area contributed by atoms with Gasteiger partial charge >= 0.3 is 5.97 Å².